The largest absolute Gasteiger partial charge is 0.478 e. The minimum Gasteiger partial charge on any atom is -0.478 e. The van der Waals surface area contributed by atoms with E-state index in [-0.39, 0.29) is 5.97 Å². The molecule has 5 heteroatoms. The minimum absolute atomic E-state index is 0.136. The molecule has 0 saturated heterocycles. The van der Waals surface area contributed by atoms with Crippen molar-refractivity contribution < 1.29 is 14.3 Å². The second kappa shape index (κ2) is 11.4. The predicted molar refractivity (Wildman–Crippen MR) is 121 cm³/mol. The van der Waals surface area contributed by atoms with Crippen LogP contribution in [0.3, 0.4) is 0 Å². The number of halogens is 1. The van der Waals surface area contributed by atoms with Gasteiger partial charge in [-0.15, -0.1) is 0 Å². The van der Waals surface area contributed by atoms with E-state index in [2.05, 4.69) is 23.2 Å². The molecule has 2 aromatic carbocycles. The SMILES string of the molecule is CCOC(=O)CCCCCOc1cc(-c2ccccc2)cc(-c2ccc(Cl)cc2)n1. The summed E-state index contributed by atoms with van der Waals surface area (Å²) in [6.07, 6.45) is 3.01. The number of hydrogen-bond donors (Lipinski definition) is 0. The van der Waals surface area contributed by atoms with Gasteiger partial charge >= 0.3 is 5.97 Å². The maximum absolute atomic E-state index is 11.4. The zero-order valence-electron chi connectivity index (χ0n) is 17.1. The standard InChI is InChI=1S/C25H26ClNO3/c1-2-29-25(28)11-7-4-8-16-30-24-18-21(19-9-5-3-6-10-19)17-23(27-24)20-12-14-22(26)15-13-20/h3,5-6,9-10,12-15,17-18H,2,4,7-8,11,16H2,1H3. The number of unbranched alkanes of at least 4 members (excludes halogenated alkanes) is 2. The first-order valence-corrected chi connectivity index (χ1v) is 10.7. The molecule has 0 amide bonds. The molecule has 1 aromatic heterocycles. The third kappa shape index (κ3) is 6.60. The smallest absolute Gasteiger partial charge is 0.305 e. The molecule has 0 fully saturated rings. The summed E-state index contributed by atoms with van der Waals surface area (Å²) in [5.41, 5.74) is 3.98. The van der Waals surface area contributed by atoms with Gasteiger partial charge in [-0.3, -0.25) is 4.79 Å². The van der Waals surface area contributed by atoms with Crippen molar-refractivity contribution in [1.82, 2.24) is 4.98 Å². The van der Waals surface area contributed by atoms with Crippen molar-refractivity contribution in [3.63, 3.8) is 0 Å². The number of aromatic nitrogens is 1. The number of carbonyl (C=O) groups is 1. The lowest BCUT2D eigenvalue weighted by Gasteiger charge is -2.11. The summed E-state index contributed by atoms with van der Waals surface area (Å²) in [6.45, 7) is 2.80. The Balaban J connectivity index is 1.68. The second-order valence-electron chi connectivity index (χ2n) is 6.92. The number of ether oxygens (including phenoxy) is 2. The highest BCUT2D eigenvalue weighted by molar-refractivity contribution is 6.30. The lowest BCUT2D eigenvalue weighted by molar-refractivity contribution is -0.143. The maximum atomic E-state index is 11.4. The first-order valence-electron chi connectivity index (χ1n) is 10.3. The Bertz CT molecular complexity index is 942. The zero-order chi connectivity index (χ0) is 21.2. The van der Waals surface area contributed by atoms with Gasteiger partial charge in [-0.1, -0.05) is 54.1 Å². The van der Waals surface area contributed by atoms with Crippen LogP contribution < -0.4 is 4.74 Å². The van der Waals surface area contributed by atoms with Crippen LogP contribution in [0.4, 0.5) is 0 Å². The van der Waals surface area contributed by atoms with Crippen molar-refractivity contribution in [2.45, 2.75) is 32.6 Å². The summed E-state index contributed by atoms with van der Waals surface area (Å²) >= 11 is 6.03. The molecule has 3 aromatic rings. The Morgan fingerprint density at radius 1 is 0.900 bits per heavy atom. The van der Waals surface area contributed by atoms with Gasteiger partial charge in [0.2, 0.25) is 5.88 Å². The van der Waals surface area contributed by atoms with Gasteiger partial charge in [0.25, 0.3) is 0 Å². The molecule has 30 heavy (non-hydrogen) atoms. The fourth-order valence-electron chi connectivity index (χ4n) is 3.10. The first kappa shape index (κ1) is 21.8. The molecule has 0 aliphatic rings. The monoisotopic (exact) mass is 423 g/mol. The summed E-state index contributed by atoms with van der Waals surface area (Å²) in [7, 11) is 0. The van der Waals surface area contributed by atoms with Crippen molar-refractivity contribution in [3.05, 3.63) is 71.8 Å². The molecule has 0 spiro atoms. The Labute approximate surface area is 182 Å². The van der Waals surface area contributed by atoms with Gasteiger partial charge in [0.05, 0.1) is 18.9 Å². The second-order valence-corrected chi connectivity index (χ2v) is 7.35. The molecule has 0 unspecified atom stereocenters. The molecule has 0 bridgehead atoms. The quantitative estimate of drug-likeness (QED) is 0.273. The molecule has 0 aliphatic carbocycles. The fraction of sp³-hybridized carbons (Fsp3) is 0.280. The van der Waals surface area contributed by atoms with Gasteiger partial charge in [0.1, 0.15) is 0 Å². The third-order valence-corrected chi connectivity index (χ3v) is 4.88. The molecule has 0 atom stereocenters. The summed E-state index contributed by atoms with van der Waals surface area (Å²) in [5.74, 6) is 0.454. The third-order valence-electron chi connectivity index (χ3n) is 4.63. The van der Waals surface area contributed by atoms with Crippen molar-refractivity contribution in [2.75, 3.05) is 13.2 Å². The predicted octanol–water partition coefficient (Wildman–Crippen LogP) is 6.57. The summed E-state index contributed by atoms with van der Waals surface area (Å²) < 4.78 is 10.9. The topological polar surface area (TPSA) is 48.4 Å². The van der Waals surface area contributed by atoms with Crippen LogP contribution in [0.1, 0.15) is 32.6 Å². The minimum atomic E-state index is -0.136. The Kier molecular flexibility index (Phi) is 8.28. The van der Waals surface area contributed by atoms with Crippen molar-refractivity contribution in [2.24, 2.45) is 0 Å². The van der Waals surface area contributed by atoms with Crippen LogP contribution in [0.15, 0.2) is 66.7 Å². The van der Waals surface area contributed by atoms with Crippen LogP contribution >= 0.6 is 11.6 Å². The van der Waals surface area contributed by atoms with E-state index in [0.717, 1.165) is 41.6 Å². The van der Waals surface area contributed by atoms with E-state index < -0.39 is 0 Å². The van der Waals surface area contributed by atoms with Crippen molar-refractivity contribution >= 4 is 17.6 Å². The fourth-order valence-corrected chi connectivity index (χ4v) is 3.23. The van der Waals surface area contributed by atoms with Gasteiger partial charge in [-0.2, -0.15) is 0 Å². The van der Waals surface area contributed by atoms with Crippen LogP contribution in [0, 0.1) is 0 Å². The average Bonchev–Trinajstić information content (AvgIpc) is 2.77. The van der Waals surface area contributed by atoms with E-state index in [1.165, 1.54) is 0 Å². The van der Waals surface area contributed by atoms with Crippen LogP contribution in [0.2, 0.25) is 5.02 Å². The molecule has 0 radical (unpaired) electrons. The van der Waals surface area contributed by atoms with Crippen LogP contribution in [0.5, 0.6) is 5.88 Å². The number of hydrogen-bond acceptors (Lipinski definition) is 4. The molecule has 1 heterocycles. The highest BCUT2D eigenvalue weighted by Gasteiger charge is 2.08. The molecule has 0 aliphatic heterocycles. The number of carbonyl (C=O) groups excluding carboxylic acids is 1. The average molecular weight is 424 g/mol. The molecule has 156 valence electrons. The lowest BCUT2D eigenvalue weighted by atomic mass is 10.0. The van der Waals surface area contributed by atoms with Gasteiger partial charge in [0, 0.05) is 23.1 Å². The van der Waals surface area contributed by atoms with Gasteiger partial charge in [-0.05, 0) is 55.5 Å². The Morgan fingerprint density at radius 3 is 2.40 bits per heavy atom. The number of nitrogens with zero attached hydrogens (tertiary/aromatic N) is 1. The van der Waals surface area contributed by atoms with E-state index in [1.54, 1.807) is 0 Å². The Morgan fingerprint density at radius 2 is 1.67 bits per heavy atom. The summed E-state index contributed by atoms with van der Waals surface area (Å²) in [6, 6.07) is 21.8. The normalized spacial score (nSPS) is 10.6. The first-order chi connectivity index (χ1) is 14.7. The van der Waals surface area contributed by atoms with Gasteiger partial charge in [-0.25, -0.2) is 4.98 Å². The van der Waals surface area contributed by atoms with Crippen LogP contribution in [-0.2, 0) is 9.53 Å². The lowest BCUT2D eigenvalue weighted by Crippen LogP contribution is -2.04. The number of rotatable bonds is 10. The van der Waals surface area contributed by atoms with Gasteiger partial charge < -0.3 is 9.47 Å². The number of pyridine rings is 1. The van der Waals surface area contributed by atoms with Crippen LogP contribution in [0.25, 0.3) is 22.4 Å². The highest BCUT2D eigenvalue weighted by atomic mass is 35.5. The summed E-state index contributed by atoms with van der Waals surface area (Å²) in [4.78, 5) is 16.1. The van der Waals surface area contributed by atoms with E-state index in [9.17, 15) is 4.79 Å². The Hall–Kier alpha value is -2.85. The molecule has 3 rings (SSSR count). The molecular formula is C25H26ClNO3. The van der Waals surface area contributed by atoms with E-state index in [0.29, 0.717) is 30.5 Å². The van der Waals surface area contributed by atoms with Gasteiger partial charge in [0.15, 0.2) is 0 Å². The van der Waals surface area contributed by atoms with Crippen molar-refractivity contribution in [1.29, 1.82) is 0 Å². The number of benzene rings is 2. The van der Waals surface area contributed by atoms with E-state index >= 15 is 0 Å². The number of esters is 1. The van der Waals surface area contributed by atoms with E-state index in [1.807, 2.05) is 55.5 Å². The molecule has 4 nitrogen and oxygen atoms in total. The molecular weight excluding hydrogens is 398 g/mol. The maximum Gasteiger partial charge on any atom is 0.305 e. The van der Waals surface area contributed by atoms with E-state index in [4.69, 9.17) is 21.1 Å². The van der Waals surface area contributed by atoms with Crippen molar-refractivity contribution in [3.8, 4) is 28.3 Å². The highest BCUT2D eigenvalue weighted by Crippen LogP contribution is 2.29. The molecule has 0 N–H and O–H groups in total. The summed E-state index contributed by atoms with van der Waals surface area (Å²) in [5, 5.41) is 0.692. The molecule has 0 saturated carbocycles. The van der Waals surface area contributed by atoms with Crippen LogP contribution in [-0.4, -0.2) is 24.2 Å². The zero-order valence-corrected chi connectivity index (χ0v) is 17.9.